The summed E-state index contributed by atoms with van der Waals surface area (Å²) in [4.78, 5) is 12.1. The van der Waals surface area contributed by atoms with E-state index in [1.54, 1.807) is 7.11 Å². The van der Waals surface area contributed by atoms with E-state index in [0.717, 1.165) is 37.1 Å². The van der Waals surface area contributed by atoms with Crippen LogP contribution in [-0.2, 0) is 4.79 Å². The summed E-state index contributed by atoms with van der Waals surface area (Å²) in [6.45, 7) is 0. The normalized spacial score (nSPS) is 15.7. The highest BCUT2D eigenvalue weighted by Crippen LogP contribution is 2.18. The molecule has 1 aromatic carbocycles. The number of amides is 1. The molecule has 0 aliphatic heterocycles. The molecule has 1 aliphatic rings. The van der Waals surface area contributed by atoms with E-state index in [1.165, 1.54) is 12.6 Å². The second kappa shape index (κ2) is 8.08. The summed E-state index contributed by atoms with van der Waals surface area (Å²) in [6, 6.07) is 9.40. The van der Waals surface area contributed by atoms with Crippen molar-refractivity contribution >= 4 is 11.6 Å². The van der Waals surface area contributed by atoms with E-state index >= 15 is 0 Å². The number of ether oxygens (including phenoxy) is 1. The molecule has 0 bridgehead atoms. The van der Waals surface area contributed by atoms with Gasteiger partial charge < -0.3 is 15.4 Å². The molecule has 0 unspecified atom stereocenters. The number of hydrogen-bond donors (Lipinski definition) is 2. The van der Waals surface area contributed by atoms with Crippen molar-refractivity contribution in [1.82, 2.24) is 5.32 Å². The number of carbonyl (C=O) groups is 1. The molecule has 1 fully saturated rings. The Kier molecular flexibility index (Phi) is 5.84. The van der Waals surface area contributed by atoms with Gasteiger partial charge in [-0.3, -0.25) is 4.79 Å². The van der Waals surface area contributed by atoms with Crippen LogP contribution in [0, 0.1) is 11.3 Å². The van der Waals surface area contributed by atoms with Crippen molar-refractivity contribution in [2.45, 2.75) is 38.1 Å². The summed E-state index contributed by atoms with van der Waals surface area (Å²) in [6.07, 6.45) is 6.94. The van der Waals surface area contributed by atoms with Crippen molar-refractivity contribution in [3.63, 3.8) is 0 Å². The van der Waals surface area contributed by atoms with Gasteiger partial charge in [0.25, 0.3) is 5.91 Å². The number of carbonyl (C=O) groups excluding carboxylic acids is 1. The van der Waals surface area contributed by atoms with E-state index in [0.29, 0.717) is 0 Å². The summed E-state index contributed by atoms with van der Waals surface area (Å²) in [5, 5.41) is 15.0. The van der Waals surface area contributed by atoms with E-state index < -0.39 is 0 Å². The zero-order valence-corrected chi connectivity index (χ0v) is 12.8. The molecular formula is C17H21N3O2. The number of benzene rings is 1. The third-order valence-corrected chi connectivity index (χ3v) is 3.78. The number of nitrogens with zero attached hydrogens (tertiary/aromatic N) is 1. The van der Waals surface area contributed by atoms with Crippen molar-refractivity contribution in [3.05, 3.63) is 36.0 Å². The molecule has 1 aliphatic carbocycles. The van der Waals surface area contributed by atoms with Gasteiger partial charge in [-0.15, -0.1) is 0 Å². The van der Waals surface area contributed by atoms with E-state index in [1.807, 2.05) is 30.3 Å². The fourth-order valence-electron chi connectivity index (χ4n) is 2.50. The van der Waals surface area contributed by atoms with Crippen LogP contribution in [0.25, 0.3) is 0 Å². The van der Waals surface area contributed by atoms with E-state index in [9.17, 15) is 4.79 Å². The number of methoxy groups -OCH3 is 1. The minimum absolute atomic E-state index is 0.0846. The highest BCUT2D eigenvalue weighted by atomic mass is 16.5. The molecule has 0 saturated heterocycles. The maximum absolute atomic E-state index is 12.1. The third kappa shape index (κ3) is 4.52. The lowest BCUT2D eigenvalue weighted by Crippen LogP contribution is -2.37. The van der Waals surface area contributed by atoms with Crippen LogP contribution < -0.4 is 15.4 Å². The molecule has 0 heterocycles. The van der Waals surface area contributed by atoms with Gasteiger partial charge in [-0.25, -0.2) is 0 Å². The predicted octanol–water partition coefficient (Wildman–Crippen LogP) is 2.96. The standard InChI is InChI=1S/C17H21N3O2/c1-22-16-9-7-14(8-10-16)19-12-13(11-18)17(21)20-15-5-3-2-4-6-15/h7-10,12,15,19H,2-6H2,1H3,(H,20,21)/b13-12-. The second-order valence-corrected chi connectivity index (χ2v) is 5.35. The van der Waals surface area contributed by atoms with Crippen LogP contribution in [0.1, 0.15) is 32.1 Å². The first-order valence-electron chi connectivity index (χ1n) is 7.54. The molecule has 22 heavy (non-hydrogen) atoms. The summed E-state index contributed by atoms with van der Waals surface area (Å²) in [7, 11) is 1.60. The first kappa shape index (κ1) is 15.9. The highest BCUT2D eigenvalue weighted by molar-refractivity contribution is 5.97. The Hall–Kier alpha value is -2.48. The molecule has 116 valence electrons. The molecule has 0 radical (unpaired) electrons. The van der Waals surface area contributed by atoms with Crippen LogP contribution in [-0.4, -0.2) is 19.1 Å². The van der Waals surface area contributed by atoms with Crippen molar-refractivity contribution in [2.24, 2.45) is 0 Å². The van der Waals surface area contributed by atoms with Crippen molar-refractivity contribution in [1.29, 1.82) is 5.26 Å². The number of anilines is 1. The second-order valence-electron chi connectivity index (χ2n) is 5.35. The Bertz CT molecular complexity index is 567. The lowest BCUT2D eigenvalue weighted by molar-refractivity contribution is -0.118. The molecule has 2 N–H and O–H groups in total. The topological polar surface area (TPSA) is 74.1 Å². The molecule has 5 heteroatoms. The Morgan fingerprint density at radius 3 is 2.55 bits per heavy atom. The monoisotopic (exact) mass is 299 g/mol. The number of rotatable bonds is 5. The van der Waals surface area contributed by atoms with E-state index in [2.05, 4.69) is 10.6 Å². The van der Waals surface area contributed by atoms with Gasteiger partial charge in [0.05, 0.1) is 7.11 Å². The van der Waals surface area contributed by atoms with Gasteiger partial charge in [-0.2, -0.15) is 5.26 Å². The van der Waals surface area contributed by atoms with Crippen LogP contribution in [0.15, 0.2) is 36.0 Å². The maximum Gasteiger partial charge on any atom is 0.263 e. The smallest absolute Gasteiger partial charge is 0.263 e. The lowest BCUT2D eigenvalue weighted by Gasteiger charge is -2.22. The molecule has 5 nitrogen and oxygen atoms in total. The summed E-state index contributed by atoms with van der Waals surface area (Å²) in [5.74, 6) is 0.445. The van der Waals surface area contributed by atoms with Gasteiger partial charge in [0.2, 0.25) is 0 Å². The first-order chi connectivity index (χ1) is 10.7. The van der Waals surface area contributed by atoms with Gasteiger partial charge in [0.15, 0.2) is 0 Å². The van der Waals surface area contributed by atoms with Gasteiger partial charge in [0.1, 0.15) is 17.4 Å². The summed E-state index contributed by atoms with van der Waals surface area (Å²) >= 11 is 0. The van der Waals surface area contributed by atoms with Crippen LogP contribution in [0.4, 0.5) is 5.69 Å². The van der Waals surface area contributed by atoms with Crippen molar-refractivity contribution < 1.29 is 9.53 Å². The van der Waals surface area contributed by atoms with Gasteiger partial charge >= 0.3 is 0 Å². The Morgan fingerprint density at radius 2 is 1.95 bits per heavy atom. The molecular weight excluding hydrogens is 278 g/mol. The Balaban J connectivity index is 1.94. The van der Waals surface area contributed by atoms with Crippen LogP contribution in [0.5, 0.6) is 5.75 Å². The third-order valence-electron chi connectivity index (χ3n) is 3.78. The van der Waals surface area contributed by atoms with E-state index in [4.69, 9.17) is 10.00 Å². The SMILES string of the molecule is COc1ccc(N/C=C(/C#N)C(=O)NC2CCCCC2)cc1. The first-order valence-corrected chi connectivity index (χ1v) is 7.54. The molecule has 0 spiro atoms. The largest absolute Gasteiger partial charge is 0.497 e. The lowest BCUT2D eigenvalue weighted by atomic mass is 9.95. The minimum Gasteiger partial charge on any atom is -0.497 e. The fourth-order valence-corrected chi connectivity index (χ4v) is 2.50. The Morgan fingerprint density at radius 1 is 1.27 bits per heavy atom. The van der Waals surface area contributed by atoms with Crippen molar-refractivity contribution in [2.75, 3.05) is 12.4 Å². The average Bonchev–Trinajstić information content (AvgIpc) is 2.57. The van der Waals surface area contributed by atoms with Gasteiger partial charge in [-0.1, -0.05) is 19.3 Å². The van der Waals surface area contributed by atoms with Gasteiger partial charge in [0, 0.05) is 17.9 Å². The van der Waals surface area contributed by atoms with Crippen LogP contribution >= 0.6 is 0 Å². The van der Waals surface area contributed by atoms with Gasteiger partial charge in [-0.05, 0) is 37.1 Å². The zero-order chi connectivity index (χ0) is 15.8. The molecule has 1 amide bonds. The summed E-state index contributed by atoms with van der Waals surface area (Å²) < 4.78 is 5.08. The zero-order valence-electron chi connectivity index (χ0n) is 12.8. The molecule has 2 rings (SSSR count). The van der Waals surface area contributed by atoms with Crippen LogP contribution in [0.2, 0.25) is 0 Å². The van der Waals surface area contributed by atoms with E-state index in [-0.39, 0.29) is 17.5 Å². The minimum atomic E-state index is -0.310. The molecule has 1 aromatic rings. The molecule has 0 aromatic heterocycles. The van der Waals surface area contributed by atoms with Crippen LogP contribution in [0.3, 0.4) is 0 Å². The maximum atomic E-state index is 12.1. The molecule has 1 saturated carbocycles. The Labute approximate surface area is 131 Å². The highest BCUT2D eigenvalue weighted by Gasteiger charge is 2.17. The predicted molar refractivity (Wildman–Crippen MR) is 85.3 cm³/mol. The number of hydrogen-bond acceptors (Lipinski definition) is 4. The molecule has 0 atom stereocenters. The quantitative estimate of drug-likeness (QED) is 0.647. The van der Waals surface area contributed by atoms with Crippen molar-refractivity contribution in [3.8, 4) is 11.8 Å². The fraction of sp³-hybridized carbons (Fsp3) is 0.412. The summed E-state index contributed by atoms with van der Waals surface area (Å²) in [5.41, 5.74) is 0.875. The number of nitrogens with one attached hydrogen (secondary N) is 2. The average molecular weight is 299 g/mol. The number of nitriles is 1.